The minimum atomic E-state index is -0.178. The van der Waals surface area contributed by atoms with Crippen LogP contribution < -0.4 is 10.6 Å². The summed E-state index contributed by atoms with van der Waals surface area (Å²) in [4.78, 5) is 2.07. The molecule has 0 aliphatic carbocycles. The first-order valence-corrected chi connectivity index (χ1v) is 6.26. The van der Waals surface area contributed by atoms with Gasteiger partial charge in [0, 0.05) is 19.1 Å². The summed E-state index contributed by atoms with van der Waals surface area (Å²) in [6, 6.07) is 4.98. The molecule has 0 heterocycles. The molecule has 0 saturated heterocycles. The van der Waals surface area contributed by atoms with Gasteiger partial charge in [-0.2, -0.15) is 0 Å². The van der Waals surface area contributed by atoms with Gasteiger partial charge in [0.15, 0.2) is 0 Å². The van der Waals surface area contributed by atoms with E-state index in [9.17, 15) is 4.39 Å². The summed E-state index contributed by atoms with van der Waals surface area (Å²) in [5.74, 6) is 0.317. The van der Waals surface area contributed by atoms with Crippen molar-refractivity contribution in [1.29, 1.82) is 0 Å². The monoisotopic (exact) mass is 238 g/mol. The lowest BCUT2D eigenvalue weighted by atomic mass is 10.0. The quantitative estimate of drug-likeness (QED) is 0.852. The Morgan fingerprint density at radius 3 is 2.41 bits per heavy atom. The van der Waals surface area contributed by atoms with E-state index in [2.05, 4.69) is 18.7 Å². The average molecular weight is 238 g/mol. The molecular formula is C14H23FN2. The van der Waals surface area contributed by atoms with Crippen LogP contribution in [-0.4, -0.2) is 13.1 Å². The largest absolute Gasteiger partial charge is 0.369 e. The normalized spacial score (nSPS) is 12.9. The summed E-state index contributed by atoms with van der Waals surface area (Å²) in [5.41, 5.74) is 7.46. The number of benzene rings is 1. The van der Waals surface area contributed by atoms with Crippen molar-refractivity contribution in [1.82, 2.24) is 0 Å². The molecule has 3 heteroatoms. The Balaban J connectivity index is 3.16. The number of rotatable bonds is 5. The van der Waals surface area contributed by atoms with E-state index in [4.69, 9.17) is 5.73 Å². The molecule has 96 valence electrons. The van der Waals surface area contributed by atoms with E-state index >= 15 is 0 Å². The first-order valence-electron chi connectivity index (χ1n) is 6.26. The van der Waals surface area contributed by atoms with Crippen molar-refractivity contribution in [2.45, 2.75) is 33.7 Å². The van der Waals surface area contributed by atoms with Gasteiger partial charge in [0.05, 0.1) is 5.69 Å². The van der Waals surface area contributed by atoms with E-state index in [-0.39, 0.29) is 11.9 Å². The van der Waals surface area contributed by atoms with Crippen LogP contribution in [0, 0.1) is 11.7 Å². The Morgan fingerprint density at radius 2 is 1.94 bits per heavy atom. The molecule has 0 radical (unpaired) electrons. The van der Waals surface area contributed by atoms with Gasteiger partial charge >= 0.3 is 0 Å². The maximum Gasteiger partial charge on any atom is 0.146 e. The zero-order valence-electron chi connectivity index (χ0n) is 11.2. The standard InChI is InChI=1S/C14H23FN2/c1-5-17(9-10(2)3)14-12(11(4)16)7-6-8-13(14)15/h6-8,10-11H,5,9,16H2,1-4H3/t11-/m0/s1. The van der Waals surface area contributed by atoms with E-state index in [1.165, 1.54) is 6.07 Å². The molecule has 0 aromatic heterocycles. The number of anilines is 1. The Hall–Kier alpha value is -1.09. The highest BCUT2D eigenvalue weighted by Gasteiger charge is 2.17. The molecule has 0 saturated carbocycles. The van der Waals surface area contributed by atoms with E-state index in [0.717, 1.165) is 18.7 Å². The first kappa shape index (κ1) is 14.0. The molecular weight excluding hydrogens is 215 g/mol. The molecule has 1 aromatic rings. The molecule has 0 aliphatic rings. The second-order valence-corrected chi connectivity index (χ2v) is 4.90. The zero-order valence-corrected chi connectivity index (χ0v) is 11.2. The van der Waals surface area contributed by atoms with E-state index in [1.54, 1.807) is 6.07 Å². The van der Waals surface area contributed by atoms with Crippen LogP contribution in [-0.2, 0) is 0 Å². The van der Waals surface area contributed by atoms with Crippen LogP contribution in [0.3, 0.4) is 0 Å². The van der Waals surface area contributed by atoms with Crippen LogP contribution in [0.25, 0.3) is 0 Å². The van der Waals surface area contributed by atoms with Gasteiger partial charge in [-0.05, 0) is 31.4 Å². The van der Waals surface area contributed by atoms with Gasteiger partial charge in [0.1, 0.15) is 5.82 Å². The van der Waals surface area contributed by atoms with Gasteiger partial charge in [0.25, 0.3) is 0 Å². The van der Waals surface area contributed by atoms with Crippen LogP contribution in [0.5, 0.6) is 0 Å². The second-order valence-electron chi connectivity index (χ2n) is 4.90. The van der Waals surface area contributed by atoms with Crippen molar-refractivity contribution in [3.05, 3.63) is 29.6 Å². The van der Waals surface area contributed by atoms with E-state index in [0.29, 0.717) is 11.6 Å². The molecule has 0 spiro atoms. The minimum Gasteiger partial charge on any atom is -0.369 e. The lowest BCUT2D eigenvalue weighted by molar-refractivity contribution is 0.580. The Labute approximate surface area is 104 Å². The number of halogens is 1. The van der Waals surface area contributed by atoms with Crippen molar-refractivity contribution in [2.75, 3.05) is 18.0 Å². The molecule has 0 amide bonds. The molecule has 1 atom stereocenters. The first-order chi connectivity index (χ1) is 7.97. The minimum absolute atomic E-state index is 0.151. The van der Waals surface area contributed by atoms with Gasteiger partial charge < -0.3 is 10.6 Å². The molecule has 0 bridgehead atoms. The van der Waals surface area contributed by atoms with Gasteiger partial charge in [-0.1, -0.05) is 26.0 Å². The van der Waals surface area contributed by atoms with E-state index < -0.39 is 0 Å². The van der Waals surface area contributed by atoms with Crippen molar-refractivity contribution < 1.29 is 4.39 Å². The van der Waals surface area contributed by atoms with Crippen molar-refractivity contribution in [2.24, 2.45) is 11.7 Å². The van der Waals surface area contributed by atoms with Gasteiger partial charge in [-0.3, -0.25) is 0 Å². The highest BCUT2D eigenvalue weighted by Crippen LogP contribution is 2.28. The lowest BCUT2D eigenvalue weighted by Gasteiger charge is -2.28. The molecule has 1 aromatic carbocycles. The van der Waals surface area contributed by atoms with Crippen LogP contribution in [0.2, 0.25) is 0 Å². The second kappa shape index (κ2) is 6.01. The molecule has 2 nitrogen and oxygen atoms in total. The van der Waals surface area contributed by atoms with Crippen molar-refractivity contribution in [3.8, 4) is 0 Å². The van der Waals surface area contributed by atoms with Crippen LogP contribution in [0.15, 0.2) is 18.2 Å². The molecule has 1 rings (SSSR count). The summed E-state index contributed by atoms with van der Waals surface area (Å²) in [7, 11) is 0. The molecule has 0 unspecified atom stereocenters. The topological polar surface area (TPSA) is 29.3 Å². The summed E-state index contributed by atoms with van der Waals surface area (Å²) >= 11 is 0. The van der Waals surface area contributed by atoms with Crippen molar-refractivity contribution >= 4 is 5.69 Å². The number of nitrogens with zero attached hydrogens (tertiary/aromatic N) is 1. The molecule has 17 heavy (non-hydrogen) atoms. The fourth-order valence-corrected chi connectivity index (χ4v) is 2.05. The predicted molar refractivity (Wildman–Crippen MR) is 71.7 cm³/mol. The van der Waals surface area contributed by atoms with Crippen LogP contribution >= 0.6 is 0 Å². The average Bonchev–Trinajstić information content (AvgIpc) is 2.25. The third-order valence-electron chi connectivity index (χ3n) is 2.79. The Morgan fingerprint density at radius 1 is 1.29 bits per heavy atom. The van der Waals surface area contributed by atoms with Crippen LogP contribution in [0.1, 0.15) is 39.3 Å². The molecule has 2 N–H and O–H groups in total. The maximum absolute atomic E-state index is 14.0. The van der Waals surface area contributed by atoms with Gasteiger partial charge in [-0.25, -0.2) is 4.39 Å². The number of hydrogen-bond acceptors (Lipinski definition) is 2. The highest BCUT2D eigenvalue weighted by atomic mass is 19.1. The number of nitrogens with two attached hydrogens (primary N) is 1. The Bertz CT molecular complexity index is 361. The fraction of sp³-hybridized carbons (Fsp3) is 0.571. The lowest BCUT2D eigenvalue weighted by Crippen LogP contribution is -2.30. The zero-order chi connectivity index (χ0) is 13.0. The van der Waals surface area contributed by atoms with Gasteiger partial charge in [0.2, 0.25) is 0 Å². The molecule has 0 aliphatic heterocycles. The van der Waals surface area contributed by atoms with Crippen molar-refractivity contribution in [3.63, 3.8) is 0 Å². The summed E-state index contributed by atoms with van der Waals surface area (Å²) in [6.07, 6.45) is 0. The number of hydrogen-bond donors (Lipinski definition) is 1. The number of para-hydroxylation sites is 1. The maximum atomic E-state index is 14.0. The summed E-state index contributed by atoms with van der Waals surface area (Å²) < 4.78 is 14.0. The smallest absolute Gasteiger partial charge is 0.146 e. The fourth-order valence-electron chi connectivity index (χ4n) is 2.05. The third-order valence-corrected chi connectivity index (χ3v) is 2.79. The van der Waals surface area contributed by atoms with Crippen LogP contribution in [0.4, 0.5) is 10.1 Å². The summed E-state index contributed by atoms with van der Waals surface area (Å²) in [6.45, 7) is 9.83. The Kier molecular flexibility index (Phi) is 4.94. The van der Waals surface area contributed by atoms with E-state index in [1.807, 2.05) is 19.9 Å². The third kappa shape index (κ3) is 3.43. The SMILES string of the molecule is CCN(CC(C)C)c1c(F)cccc1[C@H](C)N. The predicted octanol–water partition coefficient (Wildman–Crippen LogP) is 3.33. The summed E-state index contributed by atoms with van der Waals surface area (Å²) in [5, 5.41) is 0. The molecule has 0 fully saturated rings. The van der Waals surface area contributed by atoms with Gasteiger partial charge in [-0.15, -0.1) is 0 Å². The highest BCUT2D eigenvalue weighted by molar-refractivity contribution is 5.56.